The van der Waals surface area contributed by atoms with Crippen molar-refractivity contribution in [1.29, 1.82) is 0 Å². The summed E-state index contributed by atoms with van der Waals surface area (Å²) in [5.41, 5.74) is 0.926. The summed E-state index contributed by atoms with van der Waals surface area (Å²) < 4.78 is 1.57. The van der Waals surface area contributed by atoms with Gasteiger partial charge in [0.1, 0.15) is 0 Å². The summed E-state index contributed by atoms with van der Waals surface area (Å²) in [5, 5.41) is 23.6. The first-order valence-corrected chi connectivity index (χ1v) is 10.5. The summed E-state index contributed by atoms with van der Waals surface area (Å²) in [4.78, 5) is 26.3. The normalized spacial score (nSPS) is 10.7. The zero-order chi connectivity index (χ0) is 21.5. The topological polar surface area (TPSA) is 107 Å². The maximum atomic E-state index is 13.2. The number of tetrazole rings is 1. The highest BCUT2D eigenvalue weighted by atomic mass is 32.2. The minimum Gasteiger partial charge on any atom is -0.339 e. The average Bonchev–Trinajstić information content (AvgIpc) is 3.22. The lowest BCUT2D eigenvalue weighted by Gasteiger charge is -2.22. The van der Waals surface area contributed by atoms with Crippen LogP contribution in [0.1, 0.15) is 37.0 Å². The van der Waals surface area contributed by atoms with Crippen LogP contribution in [-0.2, 0) is 0 Å². The van der Waals surface area contributed by atoms with Gasteiger partial charge in [-0.25, -0.2) is 0 Å². The van der Waals surface area contributed by atoms with Gasteiger partial charge in [0.25, 0.3) is 11.6 Å². The molecule has 9 nitrogen and oxygen atoms in total. The van der Waals surface area contributed by atoms with Crippen molar-refractivity contribution in [2.24, 2.45) is 0 Å². The van der Waals surface area contributed by atoms with Crippen LogP contribution in [0.2, 0.25) is 0 Å². The van der Waals surface area contributed by atoms with Gasteiger partial charge < -0.3 is 4.90 Å². The molecule has 1 aromatic heterocycles. The van der Waals surface area contributed by atoms with Crippen LogP contribution in [0.25, 0.3) is 5.69 Å². The van der Waals surface area contributed by atoms with Crippen molar-refractivity contribution in [3.8, 4) is 5.69 Å². The number of amides is 1. The van der Waals surface area contributed by atoms with E-state index in [0.717, 1.165) is 18.5 Å². The molecule has 0 saturated heterocycles. The van der Waals surface area contributed by atoms with E-state index >= 15 is 0 Å². The molecule has 0 unspecified atom stereocenters. The van der Waals surface area contributed by atoms with Crippen molar-refractivity contribution in [3.05, 3.63) is 64.2 Å². The van der Waals surface area contributed by atoms with Crippen LogP contribution >= 0.6 is 11.8 Å². The van der Waals surface area contributed by atoms with Crippen LogP contribution in [0.15, 0.2) is 58.6 Å². The number of carbonyl (C=O) groups is 1. The molecule has 2 aromatic carbocycles. The average molecular weight is 427 g/mol. The molecule has 0 bridgehead atoms. The molecule has 10 heteroatoms. The van der Waals surface area contributed by atoms with Gasteiger partial charge in [-0.15, -0.1) is 5.10 Å². The zero-order valence-electron chi connectivity index (χ0n) is 16.8. The lowest BCUT2D eigenvalue weighted by molar-refractivity contribution is -0.384. The number of hydrogen-bond donors (Lipinski definition) is 0. The van der Waals surface area contributed by atoms with Crippen LogP contribution in [0, 0.1) is 10.1 Å². The number of aromatic nitrogens is 4. The van der Waals surface area contributed by atoms with E-state index < -0.39 is 4.92 Å². The van der Waals surface area contributed by atoms with E-state index in [1.165, 1.54) is 23.9 Å². The highest BCUT2D eigenvalue weighted by molar-refractivity contribution is 7.99. The summed E-state index contributed by atoms with van der Waals surface area (Å²) in [7, 11) is 0. The number of carbonyl (C=O) groups excluding carboxylic acids is 1. The third kappa shape index (κ3) is 4.82. The summed E-state index contributed by atoms with van der Waals surface area (Å²) in [6, 6.07) is 13.7. The smallest absolute Gasteiger partial charge is 0.270 e. The molecule has 0 spiro atoms. The maximum absolute atomic E-state index is 13.2. The first kappa shape index (κ1) is 21.4. The van der Waals surface area contributed by atoms with Gasteiger partial charge in [0.05, 0.1) is 16.2 Å². The van der Waals surface area contributed by atoms with Gasteiger partial charge in [0.15, 0.2) is 0 Å². The van der Waals surface area contributed by atoms with Crippen LogP contribution in [-0.4, -0.2) is 49.0 Å². The third-order valence-corrected chi connectivity index (χ3v) is 5.33. The van der Waals surface area contributed by atoms with Crippen molar-refractivity contribution >= 4 is 23.4 Å². The lowest BCUT2D eigenvalue weighted by Crippen LogP contribution is -2.32. The number of non-ortho nitro benzene ring substituents is 1. The Morgan fingerprint density at radius 1 is 1.13 bits per heavy atom. The van der Waals surface area contributed by atoms with Crippen molar-refractivity contribution in [2.45, 2.75) is 36.7 Å². The maximum Gasteiger partial charge on any atom is 0.270 e. The molecule has 0 aliphatic rings. The monoisotopic (exact) mass is 426 g/mol. The van der Waals surface area contributed by atoms with Crippen LogP contribution < -0.4 is 0 Å². The molecule has 3 aromatic rings. The predicted molar refractivity (Wildman–Crippen MR) is 113 cm³/mol. The highest BCUT2D eigenvalue weighted by Gasteiger charge is 2.23. The van der Waals surface area contributed by atoms with Gasteiger partial charge in [-0.05, 0) is 53.2 Å². The molecule has 0 N–H and O–H groups in total. The molecule has 3 rings (SSSR count). The van der Waals surface area contributed by atoms with Gasteiger partial charge in [0, 0.05) is 30.1 Å². The Hall–Kier alpha value is -3.27. The van der Waals surface area contributed by atoms with E-state index in [4.69, 9.17) is 0 Å². The van der Waals surface area contributed by atoms with Crippen molar-refractivity contribution in [3.63, 3.8) is 0 Å². The molecule has 30 heavy (non-hydrogen) atoms. The Morgan fingerprint density at radius 3 is 2.47 bits per heavy atom. The van der Waals surface area contributed by atoms with Gasteiger partial charge >= 0.3 is 0 Å². The largest absolute Gasteiger partial charge is 0.339 e. The first-order valence-electron chi connectivity index (χ1n) is 9.64. The van der Waals surface area contributed by atoms with Crippen molar-refractivity contribution in [1.82, 2.24) is 25.1 Å². The van der Waals surface area contributed by atoms with E-state index in [0.29, 0.717) is 23.1 Å². The highest BCUT2D eigenvalue weighted by Crippen LogP contribution is 2.33. The molecule has 0 radical (unpaired) electrons. The Bertz CT molecular complexity index is 1020. The number of para-hydroxylation sites is 1. The Kier molecular flexibility index (Phi) is 7.12. The van der Waals surface area contributed by atoms with Gasteiger partial charge in [-0.3, -0.25) is 14.9 Å². The van der Waals surface area contributed by atoms with E-state index in [1.54, 1.807) is 15.6 Å². The predicted octanol–water partition coefficient (Wildman–Crippen LogP) is 3.98. The summed E-state index contributed by atoms with van der Waals surface area (Å²) in [6.45, 7) is 5.16. The Balaban J connectivity index is 2.00. The van der Waals surface area contributed by atoms with Crippen molar-refractivity contribution in [2.75, 3.05) is 13.1 Å². The van der Waals surface area contributed by atoms with E-state index in [2.05, 4.69) is 15.5 Å². The van der Waals surface area contributed by atoms with Crippen LogP contribution in [0.4, 0.5) is 5.69 Å². The summed E-state index contributed by atoms with van der Waals surface area (Å²) in [6.07, 6.45) is 1.60. The van der Waals surface area contributed by atoms with E-state index in [1.807, 2.05) is 44.2 Å². The van der Waals surface area contributed by atoms with Crippen molar-refractivity contribution < 1.29 is 9.72 Å². The molecule has 0 saturated carbocycles. The van der Waals surface area contributed by atoms with Gasteiger partial charge in [-0.2, -0.15) is 4.68 Å². The molecule has 156 valence electrons. The first-order chi connectivity index (χ1) is 14.5. The van der Waals surface area contributed by atoms with E-state index in [-0.39, 0.29) is 17.2 Å². The Morgan fingerprint density at radius 2 is 1.83 bits per heavy atom. The number of rotatable bonds is 9. The summed E-state index contributed by atoms with van der Waals surface area (Å²) in [5.74, 6) is -0.233. The van der Waals surface area contributed by atoms with Crippen LogP contribution in [0.3, 0.4) is 0 Å². The van der Waals surface area contributed by atoms with Gasteiger partial charge in [0.2, 0.25) is 5.16 Å². The van der Waals surface area contributed by atoms with Crippen LogP contribution in [0.5, 0.6) is 0 Å². The standard InChI is InChI=1S/C20H22N6O3S/c1-3-12-24(13-4-2)19(27)17-14-16(26(28)29)10-11-18(17)30-20-21-22-23-25(20)15-8-6-5-7-9-15/h5-11,14H,3-4,12-13H2,1-2H3. The fraction of sp³-hybridized carbons (Fsp3) is 0.300. The second-order valence-electron chi connectivity index (χ2n) is 6.54. The molecular formula is C20H22N6O3S. The summed E-state index contributed by atoms with van der Waals surface area (Å²) >= 11 is 1.20. The lowest BCUT2D eigenvalue weighted by atomic mass is 10.1. The second kappa shape index (κ2) is 9.97. The quantitative estimate of drug-likeness (QED) is 0.376. The minimum atomic E-state index is -0.497. The fourth-order valence-corrected chi connectivity index (χ4v) is 3.88. The molecule has 0 fully saturated rings. The number of benzene rings is 2. The fourth-order valence-electron chi connectivity index (χ4n) is 2.98. The number of nitro groups is 1. The zero-order valence-corrected chi connectivity index (χ0v) is 17.6. The number of nitrogens with zero attached hydrogens (tertiary/aromatic N) is 6. The number of nitro benzene ring substituents is 1. The molecular weight excluding hydrogens is 404 g/mol. The molecule has 0 aliphatic heterocycles. The van der Waals surface area contributed by atoms with Gasteiger partial charge in [-0.1, -0.05) is 32.0 Å². The molecule has 0 aliphatic carbocycles. The molecule has 0 atom stereocenters. The Labute approximate surface area is 178 Å². The molecule has 1 heterocycles. The number of hydrogen-bond acceptors (Lipinski definition) is 7. The molecule has 1 amide bonds. The SMILES string of the molecule is CCCN(CCC)C(=O)c1cc([N+](=O)[O-])ccc1Sc1nnnn1-c1ccccc1. The minimum absolute atomic E-state index is 0.127. The van der Waals surface area contributed by atoms with E-state index in [9.17, 15) is 14.9 Å². The second-order valence-corrected chi connectivity index (χ2v) is 7.55. The third-order valence-electron chi connectivity index (χ3n) is 4.32.